The molecule has 2 aliphatic rings. The van der Waals surface area contributed by atoms with Crippen molar-refractivity contribution >= 4 is 28.4 Å². The van der Waals surface area contributed by atoms with E-state index in [0.29, 0.717) is 52.9 Å². The Labute approximate surface area is 245 Å². The highest BCUT2D eigenvalue weighted by Gasteiger charge is 2.49. The highest BCUT2D eigenvalue weighted by atomic mass is 19.1. The Balaban J connectivity index is 1.46. The van der Waals surface area contributed by atoms with E-state index in [4.69, 9.17) is 10.5 Å². The number of rotatable bonds is 8. The third-order valence-corrected chi connectivity index (χ3v) is 8.95. The number of amides is 1. The number of aryl methyl sites for hydroxylation is 1. The molecule has 0 spiro atoms. The van der Waals surface area contributed by atoms with E-state index in [-0.39, 0.29) is 11.7 Å². The monoisotopic (exact) mass is 568 g/mol. The first-order chi connectivity index (χ1) is 20.4. The van der Waals surface area contributed by atoms with E-state index >= 15 is 4.39 Å². The minimum atomic E-state index is -0.463. The lowest BCUT2D eigenvalue weighted by Gasteiger charge is -2.53. The van der Waals surface area contributed by atoms with Crippen LogP contribution in [0.4, 0.5) is 15.9 Å². The van der Waals surface area contributed by atoms with Gasteiger partial charge >= 0.3 is 0 Å². The molecule has 0 radical (unpaired) electrons. The van der Waals surface area contributed by atoms with E-state index in [1.165, 1.54) is 31.7 Å². The first-order valence-corrected chi connectivity index (χ1v) is 14.7. The standard InChI is InChI=1S/C33H37FN6O2/c1-4-27(41)38-23-14-11-21(12-15-23)30-28(29-31(35)36-20-37-32(29)39(30)3)22-13-16-25(26(34)17-22)33(18-42-19-33)40(5-2)24-9-7-6-8-10-24/h4,11-17,20,24H,1,5-10,18-19H2,2-3H3,(H,38,41)(H2,35,36,37). The first-order valence-electron chi connectivity index (χ1n) is 14.7. The van der Waals surface area contributed by atoms with Gasteiger partial charge < -0.3 is 20.4 Å². The van der Waals surface area contributed by atoms with Gasteiger partial charge in [-0.25, -0.2) is 14.4 Å². The zero-order chi connectivity index (χ0) is 29.4. The van der Waals surface area contributed by atoms with Crippen LogP contribution in [0.2, 0.25) is 0 Å². The smallest absolute Gasteiger partial charge is 0.247 e. The van der Waals surface area contributed by atoms with Crippen molar-refractivity contribution in [1.29, 1.82) is 0 Å². The molecule has 0 atom stereocenters. The van der Waals surface area contributed by atoms with Crippen molar-refractivity contribution in [2.75, 3.05) is 30.8 Å². The minimum Gasteiger partial charge on any atom is -0.383 e. The van der Waals surface area contributed by atoms with E-state index < -0.39 is 5.54 Å². The van der Waals surface area contributed by atoms with Crippen LogP contribution in [0.3, 0.4) is 0 Å². The molecule has 1 saturated carbocycles. The van der Waals surface area contributed by atoms with Crippen molar-refractivity contribution in [1.82, 2.24) is 19.4 Å². The van der Waals surface area contributed by atoms with Gasteiger partial charge in [0.05, 0.1) is 29.8 Å². The largest absolute Gasteiger partial charge is 0.383 e. The number of carbonyl (C=O) groups excluding carboxylic acids is 1. The number of nitrogens with two attached hydrogens (primary N) is 1. The number of hydrogen-bond acceptors (Lipinski definition) is 6. The number of likely N-dealkylation sites (N-methyl/N-ethyl adjacent to an activating group) is 1. The van der Waals surface area contributed by atoms with Gasteiger partial charge in [0.1, 0.15) is 23.6 Å². The fourth-order valence-corrected chi connectivity index (χ4v) is 6.92. The Hall–Kier alpha value is -4.08. The van der Waals surface area contributed by atoms with Crippen molar-refractivity contribution in [3.8, 4) is 22.4 Å². The molecule has 0 unspecified atom stereocenters. The average molecular weight is 569 g/mol. The molecule has 2 aromatic heterocycles. The van der Waals surface area contributed by atoms with Gasteiger partial charge in [0.15, 0.2) is 0 Å². The van der Waals surface area contributed by atoms with Crippen LogP contribution in [0.1, 0.15) is 44.6 Å². The number of aromatic nitrogens is 3. The number of nitrogens with one attached hydrogen (secondary N) is 1. The van der Waals surface area contributed by atoms with Crippen LogP contribution in [0.25, 0.3) is 33.4 Å². The fraction of sp³-hybridized carbons (Fsp3) is 0.364. The number of hydrogen-bond donors (Lipinski definition) is 2. The summed E-state index contributed by atoms with van der Waals surface area (Å²) < 4.78 is 24.1. The molecule has 2 fully saturated rings. The minimum absolute atomic E-state index is 0.258. The van der Waals surface area contributed by atoms with Crippen LogP contribution in [0.15, 0.2) is 61.4 Å². The molecule has 6 rings (SSSR count). The Kier molecular flexibility index (Phi) is 7.55. The SMILES string of the molecule is C=CC(=O)Nc1ccc(-c2c(-c3ccc(C4(N(CC)C5CCCCC5)COC4)c(F)c3)c3c(N)ncnc3n2C)cc1. The Morgan fingerprint density at radius 3 is 2.50 bits per heavy atom. The number of nitrogen functional groups attached to an aromatic ring is 1. The molecule has 0 bridgehead atoms. The van der Waals surface area contributed by atoms with Crippen LogP contribution >= 0.6 is 0 Å². The molecular formula is C33H37FN6O2. The van der Waals surface area contributed by atoms with Crippen molar-refractivity contribution in [2.45, 2.75) is 50.6 Å². The predicted molar refractivity (Wildman–Crippen MR) is 164 cm³/mol. The van der Waals surface area contributed by atoms with Crippen LogP contribution in [-0.4, -0.2) is 51.1 Å². The second-order valence-corrected chi connectivity index (χ2v) is 11.3. The summed E-state index contributed by atoms with van der Waals surface area (Å²) in [7, 11) is 1.91. The number of halogens is 1. The van der Waals surface area contributed by atoms with Crippen molar-refractivity contribution < 1.29 is 13.9 Å². The highest BCUT2D eigenvalue weighted by molar-refractivity contribution is 6.08. The molecule has 1 aliphatic carbocycles. The number of fused-ring (bicyclic) bond motifs is 1. The summed E-state index contributed by atoms with van der Waals surface area (Å²) in [6.45, 7) is 7.50. The fourth-order valence-electron chi connectivity index (χ4n) is 6.92. The molecule has 42 heavy (non-hydrogen) atoms. The average Bonchev–Trinajstić information content (AvgIpc) is 3.29. The molecule has 218 valence electrons. The van der Waals surface area contributed by atoms with Crippen LogP contribution < -0.4 is 11.1 Å². The second-order valence-electron chi connectivity index (χ2n) is 11.3. The van der Waals surface area contributed by atoms with Gasteiger partial charge in [-0.3, -0.25) is 9.69 Å². The zero-order valence-corrected chi connectivity index (χ0v) is 24.2. The van der Waals surface area contributed by atoms with Gasteiger partial charge in [-0.15, -0.1) is 0 Å². The van der Waals surface area contributed by atoms with E-state index in [0.717, 1.165) is 36.2 Å². The first kappa shape index (κ1) is 28.1. The number of benzene rings is 2. The summed E-state index contributed by atoms with van der Waals surface area (Å²) >= 11 is 0. The third kappa shape index (κ3) is 4.66. The van der Waals surface area contributed by atoms with E-state index in [2.05, 4.69) is 33.7 Å². The van der Waals surface area contributed by atoms with Crippen molar-refractivity contribution in [3.63, 3.8) is 0 Å². The molecule has 2 aromatic carbocycles. The summed E-state index contributed by atoms with van der Waals surface area (Å²) in [6.07, 6.45) is 8.65. The molecule has 1 saturated heterocycles. The molecular weight excluding hydrogens is 531 g/mol. The van der Waals surface area contributed by atoms with E-state index in [1.807, 2.05) is 48.0 Å². The molecule has 8 nitrogen and oxygen atoms in total. The number of carbonyl (C=O) groups is 1. The summed E-state index contributed by atoms with van der Waals surface area (Å²) in [6, 6.07) is 13.4. The summed E-state index contributed by atoms with van der Waals surface area (Å²) in [4.78, 5) is 23.0. The topological polar surface area (TPSA) is 98.3 Å². The van der Waals surface area contributed by atoms with E-state index in [9.17, 15) is 4.79 Å². The van der Waals surface area contributed by atoms with Crippen LogP contribution in [0.5, 0.6) is 0 Å². The lowest BCUT2D eigenvalue weighted by Crippen LogP contribution is -2.63. The summed E-state index contributed by atoms with van der Waals surface area (Å²) in [5, 5.41) is 3.44. The Bertz CT molecular complexity index is 1640. The van der Waals surface area contributed by atoms with Crippen molar-refractivity contribution in [2.24, 2.45) is 7.05 Å². The van der Waals surface area contributed by atoms with Gasteiger partial charge in [0, 0.05) is 29.9 Å². The maximum Gasteiger partial charge on any atom is 0.247 e. The molecule has 9 heteroatoms. The van der Waals surface area contributed by atoms with Crippen LogP contribution in [-0.2, 0) is 22.1 Å². The predicted octanol–water partition coefficient (Wildman–Crippen LogP) is 6.03. The molecule has 3 heterocycles. The lowest BCUT2D eigenvalue weighted by atomic mass is 9.81. The normalized spacial score (nSPS) is 16.9. The number of nitrogens with zero attached hydrogens (tertiary/aromatic N) is 4. The van der Waals surface area contributed by atoms with Gasteiger partial charge in [-0.2, -0.15) is 0 Å². The molecule has 3 N–H and O–H groups in total. The number of anilines is 2. The number of ether oxygens (including phenoxy) is 1. The lowest BCUT2D eigenvalue weighted by molar-refractivity contribution is -0.163. The van der Waals surface area contributed by atoms with Crippen molar-refractivity contribution in [3.05, 3.63) is 72.8 Å². The summed E-state index contributed by atoms with van der Waals surface area (Å²) in [5.41, 5.74) is 11.1. The Morgan fingerprint density at radius 2 is 1.88 bits per heavy atom. The third-order valence-electron chi connectivity index (χ3n) is 8.95. The molecule has 1 aliphatic heterocycles. The van der Waals surface area contributed by atoms with Crippen LogP contribution in [0, 0.1) is 5.82 Å². The van der Waals surface area contributed by atoms with Gasteiger partial charge in [-0.1, -0.05) is 57.0 Å². The van der Waals surface area contributed by atoms with E-state index in [1.54, 1.807) is 6.07 Å². The second kappa shape index (κ2) is 11.3. The Morgan fingerprint density at radius 1 is 1.17 bits per heavy atom. The summed E-state index contributed by atoms with van der Waals surface area (Å²) in [5.74, 6) is -0.216. The maximum absolute atomic E-state index is 16.4. The zero-order valence-electron chi connectivity index (χ0n) is 24.2. The van der Waals surface area contributed by atoms with Gasteiger partial charge in [-0.05, 0) is 54.8 Å². The molecule has 1 amide bonds. The molecule has 4 aromatic rings. The maximum atomic E-state index is 16.4. The quantitative estimate of drug-likeness (QED) is 0.252. The van der Waals surface area contributed by atoms with Gasteiger partial charge in [0.25, 0.3) is 0 Å². The highest BCUT2D eigenvalue weighted by Crippen LogP contribution is 2.45. The van der Waals surface area contributed by atoms with Gasteiger partial charge in [0.2, 0.25) is 5.91 Å².